The van der Waals surface area contributed by atoms with Crippen LogP contribution in [0.15, 0.2) is 18.3 Å². The molecule has 0 amide bonds. The second-order valence-corrected chi connectivity index (χ2v) is 2.39. The summed E-state index contributed by atoms with van der Waals surface area (Å²) in [5.41, 5.74) is 2.68. The number of hydrogen-bond donors (Lipinski definition) is 0. The third-order valence-corrected chi connectivity index (χ3v) is 1.76. The normalized spacial score (nSPS) is 8.70. The highest BCUT2D eigenvalue weighted by Crippen LogP contribution is 1.96. The van der Waals surface area contributed by atoms with Crippen molar-refractivity contribution in [1.29, 1.82) is 0 Å². The van der Waals surface area contributed by atoms with Gasteiger partial charge in [0.15, 0.2) is 11.9 Å². The van der Waals surface area contributed by atoms with Gasteiger partial charge in [-0.2, -0.15) is 0 Å². The number of nitrogens with zero attached hydrogens (tertiary/aromatic N) is 1. The predicted molar refractivity (Wildman–Crippen MR) is 37.1 cm³/mol. The molecule has 1 aromatic heterocycles. The molecule has 0 aliphatic heterocycles. The molecule has 0 unspecified atom stereocenters. The standard InChI is InChI=1S/C8H12N.FH/c1-7-5-4-6-9(3)8(7)2;/h4-6H,1-3H3;1H/q+1;/p-1. The summed E-state index contributed by atoms with van der Waals surface area (Å²) in [6.07, 6.45) is 2.06. The van der Waals surface area contributed by atoms with Gasteiger partial charge in [-0.1, -0.05) is 0 Å². The first-order chi connectivity index (χ1) is 4.22. The molecule has 0 radical (unpaired) electrons. The summed E-state index contributed by atoms with van der Waals surface area (Å²) in [5.74, 6) is 0. The van der Waals surface area contributed by atoms with Crippen molar-refractivity contribution in [1.82, 2.24) is 0 Å². The summed E-state index contributed by atoms with van der Waals surface area (Å²) in [4.78, 5) is 0. The minimum Gasteiger partial charge on any atom is -1.00 e. The summed E-state index contributed by atoms with van der Waals surface area (Å²) < 4.78 is 2.12. The van der Waals surface area contributed by atoms with Crippen LogP contribution in [0.5, 0.6) is 0 Å². The summed E-state index contributed by atoms with van der Waals surface area (Å²) in [6.45, 7) is 4.24. The fourth-order valence-electron chi connectivity index (χ4n) is 0.827. The van der Waals surface area contributed by atoms with Crippen molar-refractivity contribution < 1.29 is 9.27 Å². The highest BCUT2D eigenvalue weighted by atomic mass is 19.0. The molecule has 0 atom stereocenters. The first-order valence-corrected chi connectivity index (χ1v) is 3.13. The molecule has 1 aromatic rings. The Hall–Kier alpha value is -0.920. The van der Waals surface area contributed by atoms with Crippen LogP contribution in [0.2, 0.25) is 0 Å². The van der Waals surface area contributed by atoms with E-state index in [1.54, 1.807) is 0 Å². The van der Waals surface area contributed by atoms with Crippen LogP contribution in [0.4, 0.5) is 0 Å². The lowest BCUT2D eigenvalue weighted by Gasteiger charge is -1.94. The average molecular weight is 141 g/mol. The van der Waals surface area contributed by atoms with E-state index in [1.165, 1.54) is 11.3 Å². The lowest BCUT2D eigenvalue weighted by atomic mass is 10.2. The molecule has 0 spiro atoms. The number of aryl methyl sites for hydroxylation is 2. The molecular formula is C8H12FN. The highest BCUT2D eigenvalue weighted by molar-refractivity contribution is 5.10. The number of pyridine rings is 1. The summed E-state index contributed by atoms with van der Waals surface area (Å²) >= 11 is 0. The summed E-state index contributed by atoms with van der Waals surface area (Å²) in [5, 5.41) is 0. The van der Waals surface area contributed by atoms with E-state index in [0.717, 1.165) is 0 Å². The zero-order chi connectivity index (χ0) is 6.85. The lowest BCUT2D eigenvalue weighted by molar-refractivity contribution is -0.678. The van der Waals surface area contributed by atoms with Crippen molar-refractivity contribution in [3.05, 3.63) is 29.6 Å². The van der Waals surface area contributed by atoms with E-state index in [9.17, 15) is 0 Å². The van der Waals surface area contributed by atoms with Crippen LogP contribution < -0.4 is 9.27 Å². The zero-order valence-electron chi connectivity index (χ0n) is 6.56. The Kier molecular flexibility index (Phi) is 3.00. The van der Waals surface area contributed by atoms with Gasteiger partial charge in [0.05, 0.1) is 0 Å². The lowest BCUT2D eigenvalue weighted by Crippen LogP contribution is -3.00. The van der Waals surface area contributed by atoms with Gasteiger partial charge in [0.25, 0.3) is 0 Å². The molecule has 0 aromatic carbocycles. The minimum atomic E-state index is 0. The van der Waals surface area contributed by atoms with Crippen LogP contribution in [0.3, 0.4) is 0 Å². The number of aromatic nitrogens is 1. The van der Waals surface area contributed by atoms with Crippen LogP contribution >= 0.6 is 0 Å². The van der Waals surface area contributed by atoms with Crippen LogP contribution in [-0.4, -0.2) is 0 Å². The molecule has 0 N–H and O–H groups in total. The predicted octanol–water partition coefficient (Wildman–Crippen LogP) is -1.87. The fraction of sp³-hybridized carbons (Fsp3) is 0.375. The Morgan fingerprint density at radius 1 is 1.30 bits per heavy atom. The number of rotatable bonds is 0. The van der Waals surface area contributed by atoms with Gasteiger partial charge < -0.3 is 4.70 Å². The molecule has 1 nitrogen and oxygen atoms in total. The van der Waals surface area contributed by atoms with Crippen LogP contribution in [0, 0.1) is 13.8 Å². The summed E-state index contributed by atoms with van der Waals surface area (Å²) in [6, 6.07) is 4.18. The average Bonchev–Trinajstić information content (AvgIpc) is 1.83. The first-order valence-electron chi connectivity index (χ1n) is 3.13. The summed E-state index contributed by atoms with van der Waals surface area (Å²) in [7, 11) is 2.06. The van der Waals surface area contributed by atoms with Gasteiger partial charge in [0, 0.05) is 18.6 Å². The van der Waals surface area contributed by atoms with Gasteiger partial charge in [0.2, 0.25) is 0 Å². The quantitative estimate of drug-likeness (QED) is 0.373. The van der Waals surface area contributed by atoms with Crippen LogP contribution in [0.1, 0.15) is 11.3 Å². The number of halogens is 1. The highest BCUT2D eigenvalue weighted by Gasteiger charge is 1.99. The Morgan fingerprint density at radius 2 is 1.90 bits per heavy atom. The molecule has 2 heteroatoms. The topological polar surface area (TPSA) is 3.88 Å². The van der Waals surface area contributed by atoms with Crippen molar-refractivity contribution in [2.24, 2.45) is 7.05 Å². The van der Waals surface area contributed by atoms with Crippen LogP contribution in [0.25, 0.3) is 0 Å². The molecule has 1 heterocycles. The van der Waals surface area contributed by atoms with Crippen molar-refractivity contribution in [2.75, 3.05) is 0 Å². The van der Waals surface area contributed by atoms with Crippen molar-refractivity contribution in [3.63, 3.8) is 0 Å². The molecule has 0 saturated carbocycles. The second-order valence-electron chi connectivity index (χ2n) is 2.39. The molecule has 0 aliphatic rings. The Balaban J connectivity index is 0.000000810. The van der Waals surface area contributed by atoms with Gasteiger partial charge >= 0.3 is 0 Å². The largest absolute Gasteiger partial charge is 1.00 e. The Labute approximate surface area is 60.7 Å². The van der Waals surface area contributed by atoms with Crippen LogP contribution in [-0.2, 0) is 7.05 Å². The molecule has 10 heavy (non-hydrogen) atoms. The fourth-order valence-corrected chi connectivity index (χ4v) is 0.827. The Bertz CT molecular complexity index is 200. The van der Waals surface area contributed by atoms with E-state index >= 15 is 0 Å². The zero-order valence-corrected chi connectivity index (χ0v) is 6.56. The third-order valence-electron chi connectivity index (χ3n) is 1.76. The maximum atomic E-state index is 2.12. The molecule has 1 rings (SSSR count). The van der Waals surface area contributed by atoms with E-state index in [1.807, 2.05) is 0 Å². The van der Waals surface area contributed by atoms with Crippen molar-refractivity contribution in [3.8, 4) is 0 Å². The smallest absolute Gasteiger partial charge is 0.180 e. The number of hydrogen-bond acceptors (Lipinski definition) is 0. The Morgan fingerprint density at radius 3 is 2.30 bits per heavy atom. The molecule has 0 saturated heterocycles. The maximum Gasteiger partial charge on any atom is 0.180 e. The van der Waals surface area contributed by atoms with Gasteiger partial charge in [-0.3, -0.25) is 0 Å². The molecule has 0 aliphatic carbocycles. The third kappa shape index (κ3) is 1.53. The second kappa shape index (κ2) is 3.30. The van der Waals surface area contributed by atoms with Gasteiger partial charge in [-0.25, -0.2) is 4.57 Å². The minimum absolute atomic E-state index is 0. The molecule has 56 valence electrons. The van der Waals surface area contributed by atoms with Gasteiger partial charge in [-0.15, -0.1) is 0 Å². The SMILES string of the molecule is Cc1ccc[n+](C)c1C.[F-]. The molecule has 0 fully saturated rings. The van der Waals surface area contributed by atoms with Gasteiger partial charge in [-0.05, 0) is 13.0 Å². The molecular weight excluding hydrogens is 129 g/mol. The van der Waals surface area contributed by atoms with E-state index < -0.39 is 0 Å². The van der Waals surface area contributed by atoms with Crippen molar-refractivity contribution >= 4 is 0 Å². The van der Waals surface area contributed by atoms with E-state index in [0.29, 0.717) is 0 Å². The van der Waals surface area contributed by atoms with Crippen molar-refractivity contribution in [2.45, 2.75) is 13.8 Å². The monoisotopic (exact) mass is 141 g/mol. The first kappa shape index (κ1) is 9.08. The van der Waals surface area contributed by atoms with Gasteiger partial charge in [0.1, 0.15) is 7.05 Å². The van der Waals surface area contributed by atoms with E-state index in [4.69, 9.17) is 0 Å². The molecule has 0 bridgehead atoms. The van der Waals surface area contributed by atoms with E-state index in [2.05, 4.69) is 43.8 Å². The van der Waals surface area contributed by atoms with E-state index in [-0.39, 0.29) is 4.70 Å². The maximum absolute atomic E-state index is 2.12.